The molecule has 3 rings (SSSR count). The van der Waals surface area contributed by atoms with Crippen LogP contribution in [0.1, 0.15) is 54.8 Å². The van der Waals surface area contributed by atoms with Gasteiger partial charge in [-0.15, -0.1) is 0 Å². The minimum atomic E-state index is -0.290. The van der Waals surface area contributed by atoms with Crippen molar-refractivity contribution in [2.75, 3.05) is 0 Å². The molecule has 1 N–H and O–H groups in total. The molecule has 136 valence electrons. The van der Waals surface area contributed by atoms with E-state index in [1.807, 2.05) is 43.5 Å². The van der Waals surface area contributed by atoms with Gasteiger partial charge in [-0.05, 0) is 51.3 Å². The summed E-state index contributed by atoms with van der Waals surface area (Å²) in [6.45, 7) is 5.74. The number of rotatable bonds is 4. The van der Waals surface area contributed by atoms with E-state index >= 15 is 0 Å². The molecule has 0 aromatic carbocycles. The van der Waals surface area contributed by atoms with Gasteiger partial charge in [0.05, 0.1) is 0 Å². The van der Waals surface area contributed by atoms with E-state index in [0.717, 1.165) is 48.4 Å². The third-order valence-electron chi connectivity index (χ3n) is 4.92. The van der Waals surface area contributed by atoms with Crippen molar-refractivity contribution >= 4 is 12.0 Å². The molecule has 2 aromatic rings. The molecule has 0 atom stereocenters. The highest BCUT2D eigenvalue weighted by Gasteiger charge is 2.19. The summed E-state index contributed by atoms with van der Waals surface area (Å²) in [6.07, 6.45) is 7.13. The Hall–Kier alpha value is -2.81. The Balaban J connectivity index is 1.85. The van der Waals surface area contributed by atoms with Crippen molar-refractivity contribution in [2.45, 2.75) is 58.9 Å². The first-order valence-electron chi connectivity index (χ1n) is 9.05. The van der Waals surface area contributed by atoms with Crippen LogP contribution in [0.3, 0.4) is 0 Å². The minimum absolute atomic E-state index is 0.132. The fourth-order valence-corrected chi connectivity index (χ4v) is 3.56. The van der Waals surface area contributed by atoms with Crippen molar-refractivity contribution in [3.05, 3.63) is 40.4 Å². The lowest BCUT2D eigenvalue weighted by Gasteiger charge is -2.22. The van der Waals surface area contributed by atoms with Gasteiger partial charge in [0.1, 0.15) is 17.4 Å². The summed E-state index contributed by atoms with van der Waals surface area (Å²) >= 11 is 0. The molecule has 1 fully saturated rings. The van der Waals surface area contributed by atoms with Gasteiger partial charge in [0, 0.05) is 23.5 Å². The number of aromatic nitrogens is 2. The number of hydrogen-bond acceptors (Lipinski definition) is 4. The van der Waals surface area contributed by atoms with Crippen molar-refractivity contribution in [3.63, 3.8) is 0 Å². The molecular formula is C20H24N4O2. The lowest BCUT2D eigenvalue weighted by atomic mass is 9.95. The summed E-state index contributed by atoms with van der Waals surface area (Å²) in [4.78, 5) is 12.5. The second-order valence-corrected chi connectivity index (χ2v) is 6.94. The molecule has 2 heterocycles. The number of nitrogens with one attached hydrogen (secondary N) is 1. The summed E-state index contributed by atoms with van der Waals surface area (Å²) in [5.41, 5.74) is 2.84. The van der Waals surface area contributed by atoms with Crippen LogP contribution in [0.25, 0.3) is 11.9 Å². The normalized spacial score (nSPS) is 15.7. The lowest BCUT2D eigenvalue weighted by Crippen LogP contribution is -2.36. The molecule has 0 saturated heterocycles. The molecule has 6 heteroatoms. The van der Waals surface area contributed by atoms with Crippen molar-refractivity contribution in [1.82, 2.24) is 15.0 Å². The predicted octanol–water partition coefficient (Wildman–Crippen LogP) is 3.75. The maximum atomic E-state index is 12.5. The Bertz CT molecular complexity index is 876. The van der Waals surface area contributed by atoms with Gasteiger partial charge in [-0.2, -0.15) is 5.26 Å². The number of carbonyl (C=O) groups is 1. The topological polar surface area (TPSA) is 83.9 Å². The molecule has 0 radical (unpaired) electrons. The summed E-state index contributed by atoms with van der Waals surface area (Å²) < 4.78 is 7.12. The molecule has 1 aliphatic rings. The third kappa shape index (κ3) is 3.72. The average molecular weight is 352 g/mol. The molecule has 2 aromatic heterocycles. The van der Waals surface area contributed by atoms with Crippen molar-refractivity contribution in [2.24, 2.45) is 0 Å². The summed E-state index contributed by atoms with van der Waals surface area (Å²) in [5, 5.41) is 16.5. The number of aryl methyl sites for hydroxylation is 2. The fraction of sp³-hybridized carbons (Fsp3) is 0.450. The molecule has 0 aliphatic heterocycles. The number of hydrogen-bond donors (Lipinski definition) is 1. The molecule has 1 saturated carbocycles. The Morgan fingerprint density at radius 3 is 2.65 bits per heavy atom. The Morgan fingerprint density at radius 1 is 1.31 bits per heavy atom. The largest absolute Gasteiger partial charge is 0.360 e. The summed E-state index contributed by atoms with van der Waals surface area (Å²) in [7, 11) is 0. The van der Waals surface area contributed by atoms with Gasteiger partial charge in [-0.3, -0.25) is 9.36 Å². The van der Waals surface area contributed by atoms with Crippen LogP contribution in [0.15, 0.2) is 22.2 Å². The Morgan fingerprint density at radius 2 is 2.04 bits per heavy atom. The van der Waals surface area contributed by atoms with Crippen LogP contribution in [-0.4, -0.2) is 21.7 Å². The molecule has 6 nitrogen and oxygen atoms in total. The van der Waals surface area contributed by atoms with Gasteiger partial charge in [0.25, 0.3) is 5.91 Å². The highest BCUT2D eigenvalue weighted by atomic mass is 16.5. The molecule has 0 spiro atoms. The van der Waals surface area contributed by atoms with E-state index in [1.165, 1.54) is 6.42 Å². The zero-order valence-corrected chi connectivity index (χ0v) is 15.5. The number of carbonyl (C=O) groups excluding carboxylic acids is 1. The molecular weight excluding hydrogens is 328 g/mol. The smallest absolute Gasteiger partial charge is 0.262 e. The second-order valence-electron chi connectivity index (χ2n) is 6.94. The minimum Gasteiger partial charge on any atom is -0.360 e. The maximum absolute atomic E-state index is 12.5. The first kappa shape index (κ1) is 18.0. The predicted molar refractivity (Wildman–Crippen MR) is 98.6 cm³/mol. The van der Waals surface area contributed by atoms with Gasteiger partial charge in [-0.1, -0.05) is 24.4 Å². The quantitative estimate of drug-likeness (QED) is 0.671. The lowest BCUT2D eigenvalue weighted by molar-refractivity contribution is -0.117. The number of amides is 1. The Labute approximate surface area is 153 Å². The highest BCUT2D eigenvalue weighted by molar-refractivity contribution is 6.02. The van der Waals surface area contributed by atoms with Crippen molar-refractivity contribution < 1.29 is 9.32 Å². The van der Waals surface area contributed by atoms with E-state index < -0.39 is 0 Å². The van der Waals surface area contributed by atoms with Gasteiger partial charge in [0.2, 0.25) is 0 Å². The van der Waals surface area contributed by atoms with E-state index in [4.69, 9.17) is 4.52 Å². The van der Waals surface area contributed by atoms with Crippen molar-refractivity contribution in [1.29, 1.82) is 5.26 Å². The van der Waals surface area contributed by atoms with Crippen molar-refractivity contribution in [3.8, 4) is 11.9 Å². The second kappa shape index (κ2) is 7.61. The first-order valence-corrected chi connectivity index (χ1v) is 9.05. The zero-order valence-electron chi connectivity index (χ0n) is 15.5. The number of nitrogens with zero attached hydrogens (tertiary/aromatic N) is 3. The third-order valence-corrected chi connectivity index (χ3v) is 4.92. The van der Waals surface area contributed by atoms with E-state index in [9.17, 15) is 10.1 Å². The first-order chi connectivity index (χ1) is 12.5. The average Bonchev–Trinajstić information content (AvgIpc) is 3.16. The van der Waals surface area contributed by atoms with E-state index in [-0.39, 0.29) is 17.5 Å². The van der Waals surface area contributed by atoms with Crippen LogP contribution in [0.5, 0.6) is 0 Å². The van der Waals surface area contributed by atoms with Gasteiger partial charge in [-0.25, -0.2) is 0 Å². The standard InChI is InChI=1S/C20H24N4O2/c1-13-9-16(15(3)24(13)19-10-14(2)26-23-19)11-17(12-21)20(25)22-18-7-5-4-6-8-18/h9-11,18H,4-8H2,1-3H3,(H,22,25)/b17-11+. The summed E-state index contributed by atoms with van der Waals surface area (Å²) in [6, 6.07) is 6.03. The number of nitriles is 1. The highest BCUT2D eigenvalue weighted by Crippen LogP contribution is 2.23. The van der Waals surface area contributed by atoms with Crippen LogP contribution in [0.2, 0.25) is 0 Å². The van der Waals surface area contributed by atoms with Gasteiger partial charge >= 0.3 is 0 Å². The van der Waals surface area contributed by atoms with Crippen LogP contribution >= 0.6 is 0 Å². The van der Waals surface area contributed by atoms with Gasteiger partial charge in [0.15, 0.2) is 5.82 Å². The molecule has 1 amide bonds. The molecule has 26 heavy (non-hydrogen) atoms. The van der Waals surface area contributed by atoms with E-state index in [0.29, 0.717) is 5.82 Å². The molecule has 0 bridgehead atoms. The maximum Gasteiger partial charge on any atom is 0.262 e. The van der Waals surface area contributed by atoms with E-state index in [2.05, 4.69) is 10.5 Å². The fourth-order valence-electron chi connectivity index (χ4n) is 3.56. The molecule has 1 aliphatic carbocycles. The van der Waals surface area contributed by atoms with Crippen LogP contribution in [-0.2, 0) is 4.79 Å². The van der Waals surface area contributed by atoms with Gasteiger partial charge < -0.3 is 9.84 Å². The monoisotopic (exact) mass is 352 g/mol. The van der Waals surface area contributed by atoms with Crippen LogP contribution in [0, 0.1) is 32.1 Å². The SMILES string of the molecule is Cc1cc(-n2c(C)cc(/C=C(\C#N)C(=O)NC3CCCCC3)c2C)no1. The van der Waals surface area contributed by atoms with Crippen LogP contribution in [0.4, 0.5) is 0 Å². The Kier molecular flexibility index (Phi) is 5.27. The molecule has 0 unspecified atom stereocenters. The van der Waals surface area contributed by atoms with E-state index in [1.54, 1.807) is 6.08 Å². The van der Waals surface area contributed by atoms with Crippen LogP contribution < -0.4 is 5.32 Å². The summed E-state index contributed by atoms with van der Waals surface area (Å²) in [5.74, 6) is 1.14. The zero-order chi connectivity index (χ0) is 18.7.